The summed E-state index contributed by atoms with van der Waals surface area (Å²) in [4.78, 5) is 17.7. The van der Waals surface area contributed by atoms with Crippen LogP contribution in [0.15, 0.2) is 41.8 Å². The molecule has 3 rings (SSSR count). The van der Waals surface area contributed by atoms with Crippen molar-refractivity contribution in [3.8, 4) is 11.5 Å². The summed E-state index contributed by atoms with van der Waals surface area (Å²) in [6.45, 7) is 3.95. The Morgan fingerprint density at radius 2 is 1.96 bits per heavy atom. The zero-order chi connectivity index (χ0) is 18.4. The topological polar surface area (TPSA) is 42.0 Å². The van der Waals surface area contributed by atoms with Crippen LogP contribution in [-0.4, -0.2) is 56.1 Å². The summed E-state index contributed by atoms with van der Waals surface area (Å²) in [6.07, 6.45) is 3.56. The molecule has 0 spiro atoms. The Balaban J connectivity index is 1.54. The van der Waals surface area contributed by atoms with Crippen LogP contribution in [0.25, 0.3) is 6.08 Å². The van der Waals surface area contributed by atoms with Crippen molar-refractivity contribution in [3.05, 3.63) is 52.2 Å². The molecule has 5 nitrogen and oxygen atoms in total. The van der Waals surface area contributed by atoms with E-state index in [-0.39, 0.29) is 5.91 Å². The van der Waals surface area contributed by atoms with Crippen molar-refractivity contribution in [2.75, 3.05) is 40.4 Å². The van der Waals surface area contributed by atoms with Crippen LogP contribution in [0.1, 0.15) is 10.4 Å². The van der Waals surface area contributed by atoms with Crippen LogP contribution in [0.3, 0.4) is 0 Å². The Labute approximate surface area is 158 Å². The summed E-state index contributed by atoms with van der Waals surface area (Å²) in [5, 5.41) is 2.01. The highest BCUT2D eigenvalue weighted by molar-refractivity contribution is 7.10. The molecule has 1 aliphatic heterocycles. The van der Waals surface area contributed by atoms with Crippen LogP contribution in [-0.2, 0) is 11.3 Å². The van der Waals surface area contributed by atoms with Gasteiger partial charge in [0.25, 0.3) is 0 Å². The van der Waals surface area contributed by atoms with Gasteiger partial charge in [0.1, 0.15) is 11.5 Å². The number of nitrogens with zero attached hydrogens (tertiary/aromatic N) is 2. The first-order valence-corrected chi connectivity index (χ1v) is 9.51. The molecule has 0 saturated carbocycles. The monoisotopic (exact) mass is 372 g/mol. The summed E-state index contributed by atoms with van der Waals surface area (Å²) in [5.41, 5.74) is 1.10. The van der Waals surface area contributed by atoms with Crippen LogP contribution in [0.4, 0.5) is 0 Å². The summed E-state index contributed by atoms with van der Waals surface area (Å²) >= 11 is 1.63. The lowest BCUT2D eigenvalue weighted by molar-refractivity contribution is -0.127. The highest BCUT2D eigenvalue weighted by Gasteiger charge is 2.20. The largest absolute Gasteiger partial charge is 0.497 e. The van der Waals surface area contributed by atoms with E-state index >= 15 is 0 Å². The number of hydrogen-bond acceptors (Lipinski definition) is 5. The second-order valence-corrected chi connectivity index (χ2v) is 7.11. The Morgan fingerprint density at radius 1 is 1.15 bits per heavy atom. The molecular formula is C20H24N2O3S. The Bertz CT molecular complexity index is 750. The first kappa shape index (κ1) is 18.5. The molecule has 26 heavy (non-hydrogen) atoms. The van der Waals surface area contributed by atoms with Gasteiger partial charge < -0.3 is 14.4 Å². The van der Waals surface area contributed by atoms with Gasteiger partial charge in [-0.25, -0.2) is 0 Å². The van der Waals surface area contributed by atoms with Gasteiger partial charge in [-0.15, -0.1) is 11.3 Å². The Morgan fingerprint density at radius 3 is 2.62 bits per heavy atom. The number of benzene rings is 1. The number of carbonyl (C=O) groups excluding carboxylic acids is 1. The SMILES string of the molecule is COc1ccc(OC)c(CN2CCN(C(=O)/C=C/c3cccs3)CC2)c1. The van der Waals surface area contributed by atoms with E-state index < -0.39 is 0 Å². The number of thiophene rings is 1. The average Bonchev–Trinajstić information content (AvgIpc) is 3.20. The summed E-state index contributed by atoms with van der Waals surface area (Å²) in [7, 11) is 3.35. The van der Waals surface area contributed by atoms with Gasteiger partial charge in [-0.3, -0.25) is 9.69 Å². The molecule has 0 atom stereocenters. The molecule has 0 bridgehead atoms. The first-order valence-electron chi connectivity index (χ1n) is 8.63. The summed E-state index contributed by atoms with van der Waals surface area (Å²) < 4.78 is 10.8. The number of amides is 1. The average molecular weight is 372 g/mol. The lowest BCUT2D eigenvalue weighted by Gasteiger charge is -2.34. The molecule has 1 aromatic carbocycles. The number of rotatable bonds is 6. The molecule has 1 fully saturated rings. The molecule has 138 valence electrons. The summed E-state index contributed by atoms with van der Waals surface area (Å²) in [5.74, 6) is 1.77. The van der Waals surface area contributed by atoms with Crippen molar-refractivity contribution >= 4 is 23.3 Å². The maximum Gasteiger partial charge on any atom is 0.246 e. The van der Waals surface area contributed by atoms with Crippen LogP contribution < -0.4 is 9.47 Å². The van der Waals surface area contributed by atoms with E-state index in [0.29, 0.717) is 0 Å². The predicted molar refractivity (Wildman–Crippen MR) is 105 cm³/mol. The van der Waals surface area contributed by atoms with Crippen molar-refractivity contribution < 1.29 is 14.3 Å². The van der Waals surface area contributed by atoms with Gasteiger partial charge >= 0.3 is 0 Å². The van der Waals surface area contributed by atoms with Gasteiger partial charge in [-0.2, -0.15) is 0 Å². The fourth-order valence-electron chi connectivity index (χ4n) is 3.02. The molecule has 0 aliphatic carbocycles. The van der Waals surface area contributed by atoms with Gasteiger partial charge in [0.05, 0.1) is 14.2 Å². The molecular weight excluding hydrogens is 348 g/mol. The van der Waals surface area contributed by atoms with Gasteiger partial charge in [-0.1, -0.05) is 6.07 Å². The number of ether oxygens (including phenoxy) is 2. The summed E-state index contributed by atoms with van der Waals surface area (Å²) in [6, 6.07) is 9.84. The van der Waals surface area contributed by atoms with E-state index in [1.54, 1.807) is 31.6 Å². The fourth-order valence-corrected chi connectivity index (χ4v) is 3.64. The molecule has 2 aromatic rings. The highest BCUT2D eigenvalue weighted by atomic mass is 32.1. The predicted octanol–water partition coefficient (Wildman–Crippen LogP) is 3.12. The fraction of sp³-hybridized carbons (Fsp3) is 0.350. The number of hydrogen-bond donors (Lipinski definition) is 0. The second-order valence-electron chi connectivity index (χ2n) is 6.13. The maximum absolute atomic E-state index is 12.3. The van der Waals surface area contributed by atoms with E-state index in [1.165, 1.54) is 0 Å². The minimum absolute atomic E-state index is 0.0806. The zero-order valence-corrected chi connectivity index (χ0v) is 16.0. The van der Waals surface area contributed by atoms with Crippen molar-refractivity contribution in [2.24, 2.45) is 0 Å². The molecule has 1 aliphatic rings. The van der Waals surface area contributed by atoms with Gasteiger partial charge in [0.2, 0.25) is 5.91 Å². The van der Waals surface area contributed by atoms with Gasteiger partial charge in [0, 0.05) is 49.2 Å². The lowest BCUT2D eigenvalue weighted by Crippen LogP contribution is -2.47. The van der Waals surface area contributed by atoms with Crippen LogP contribution in [0.5, 0.6) is 11.5 Å². The molecule has 0 unspecified atom stereocenters. The van der Waals surface area contributed by atoms with E-state index in [9.17, 15) is 4.79 Å². The number of methoxy groups -OCH3 is 2. The van der Waals surface area contributed by atoms with E-state index in [1.807, 2.05) is 46.7 Å². The number of carbonyl (C=O) groups is 1. The Hall–Kier alpha value is -2.31. The third kappa shape index (κ3) is 4.65. The van der Waals surface area contributed by atoms with Gasteiger partial charge in [0.15, 0.2) is 0 Å². The van der Waals surface area contributed by atoms with Crippen LogP contribution in [0.2, 0.25) is 0 Å². The quantitative estimate of drug-likeness (QED) is 0.731. The normalized spacial score (nSPS) is 15.4. The molecule has 1 amide bonds. The first-order chi connectivity index (χ1) is 12.7. The van der Waals surface area contributed by atoms with Crippen LogP contribution in [0, 0.1) is 0 Å². The number of piperazine rings is 1. The molecule has 1 aromatic heterocycles. The molecule has 1 saturated heterocycles. The molecule has 6 heteroatoms. The Kier molecular flexibility index (Phi) is 6.30. The second kappa shape index (κ2) is 8.87. The van der Waals surface area contributed by atoms with Crippen molar-refractivity contribution in [3.63, 3.8) is 0 Å². The highest BCUT2D eigenvalue weighted by Crippen LogP contribution is 2.25. The lowest BCUT2D eigenvalue weighted by atomic mass is 10.1. The van der Waals surface area contributed by atoms with Crippen molar-refractivity contribution in [2.45, 2.75) is 6.54 Å². The maximum atomic E-state index is 12.3. The van der Waals surface area contributed by atoms with E-state index in [0.717, 1.165) is 54.7 Å². The van der Waals surface area contributed by atoms with Crippen molar-refractivity contribution in [1.82, 2.24) is 9.80 Å². The third-order valence-corrected chi connectivity index (χ3v) is 5.34. The third-order valence-electron chi connectivity index (χ3n) is 4.50. The minimum atomic E-state index is 0.0806. The van der Waals surface area contributed by atoms with Crippen LogP contribution >= 0.6 is 11.3 Å². The zero-order valence-electron chi connectivity index (χ0n) is 15.2. The molecule has 0 N–H and O–H groups in total. The molecule has 2 heterocycles. The molecule has 0 radical (unpaired) electrons. The van der Waals surface area contributed by atoms with Crippen molar-refractivity contribution in [1.29, 1.82) is 0 Å². The van der Waals surface area contributed by atoms with E-state index in [2.05, 4.69) is 4.90 Å². The van der Waals surface area contributed by atoms with E-state index in [4.69, 9.17) is 9.47 Å². The standard InChI is InChI=1S/C20H24N2O3S/c1-24-17-5-7-19(25-2)16(14-17)15-21-9-11-22(12-10-21)20(23)8-6-18-4-3-13-26-18/h3-8,13-14H,9-12,15H2,1-2H3/b8-6+. The minimum Gasteiger partial charge on any atom is -0.497 e. The van der Waals surface area contributed by atoms with Gasteiger partial charge in [-0.05, 0) is 35.7 Å². The smallest absolute Gasteiger partial charge is 0.246 e.